The van der Waals surface area contributed by atoms with Crippen LogP contribution in [0.25, 0.3) is 10.9 Å². The van der Waals surface area contributed by atoms with E-state index in [1.807, 2.05) is 0 Å². The average Bonchev–Trinajstić information content (AvgIpc) is 3.38. The fraction of sp³-hybridized carbons (Fsp3) is 0.500. The number of hydrogen-bond donors (Lipinski definition) is 1. The number of nitro benzene ring substituents is 1. The molecule has 150 valence electrons. The first-order valence-corrected chi connectivity index (χ1v) is 11.0. The Morgan fingerprint density at radius 3 is 2.82 bits per heavy atom. The minimum Gasteiger partial charge on any atom is -0.376 e. The van der Waals surface area contributed by atoms with Crippen molar-refractivity contribution in [3.05, 3.63) is 40.1 Å². The maximum atomic E-state index is 13.3. The van der Waals surface area contributed by atoms with Gasteiger partial charge in [-0.2, -0.15) is 0 Å². The number of ether oxygens (including phenoxy) is 1. The molecule has 3 heterocycles. The van der Waals surface area contributed by atoms with Gasteiger partial charge in [0, 0.05) is 42.9 Å². The molecule has 0 saturated carbocycles. The van der Waals surface area contributed by atoms with Gasteiger partial charge >= 0.3 is 0 Å². The van der Waals surface area contributed by atoms with Crippen LogP contribution >= 0.6 is 0 Å². The molecular formula is C18H21N3O6S. The summed E-state index contributed by atoms with van der Waals surface area (Å²) in [7, 11) is -3.15. The molecule has 2 aromatic rings. The van der Waals surface area contributed by atoms with Crippen LogP contribution in [0.4, 0.5) is 5.69 Å². The molecule has 1 aromatic heterocycles. The second-order valence-electron chi connectivity index (χ2n) is 7.34. The number of rotatable bonds is 5. The van der Waals surface area contributed by atoms with Crippen LogP contribution in [-0.2, 0) is 14.6 Å². The number of fused-ring (bicyclic) bond motifs is 1. The summed E-state index contributed by atoms with van der Waals surface area (Å²) in [5, 5.41) is 11.5. The maximum Gasteiger partial charge on any atom is 0.271 e. The molecule has 2 atom stereocenters. The molecule has 2 fully saturated rings. The summed E-state index contributed by atoms with van der Waals surface area (Å²) >= 11 is 0. The van der Waals surface area contributed by atoms with Crippen LogP contribution in [0.15, 0.2) is 24.4 Å². The third-order valence-corrected chi connectivity index (χ3v) is 7.19. The summed E-state index contributed by atoms with van der Waals surface area (Å²) in [6, 6.07) is 3.91. The highest BCUT2D eigenvalue weighted by molar-refractivity contribution is 7.91. The molecule has 28 heavy (non-hydrogen) atoms. The molecule has 4 rings (SSSR count). The van der Waals surface area contributed by atoms with Gasteiger partial charge in [0.1, 0.15) is 0 Å². The highest BCUT2D eigenvalue weighted by atomic mass is 32.2. The number of hydrogen-bond acceptors (Lipinski definition) is 6. The Kier molecular flexibility index (Phi) is 4.84. The standard InChI is InChI=1S/C18H21N3O6S/c22-18(16-9-19-17-8-12(21(23)24)3-4-15(16)17)20(10-14-2-1-6-27-14)13-5-7-28(25,26)11-13/h3-4,8-9,13-14,19H,1-2,5-7,10-11H2/t13-,14+/m1/s1. The Balaban J connectivity index is 1.66. The third-order valence-electron chi connectivity index (χ3n) is 5.44. The molecule has 0 spiro atoms. The zero-order valence-electron chi connectivity index (χ0n) is 15.2. The number of amides is 1. The SMILES string of the molecule is O=C(c1c[nH]c2cc([N+](=O)[O-])ccc12)N(C[C@@H]1CCCO1)[C@@H]1CCS(=O)(=O)C1. The van der Waals surface area contributed by atoms with E-state index in [4.69, 9.17) is 4.74 Å². The van der Waals surface area contributed by atoms with Crippen LogP contribution in [0.1, 0.15) is 29.6 Å². The first-order chi connectivity index (χ1) is 13.3. The number of aromatic amines is 1. The van der Waals surface area contributed by atoms with Gasteiger partial charge in [0.25, 0.3) is 11.6 Å². The van der Waals surface area contributed by atoms with Gasteiger partial charge in [-0.3, -0.25) is 14.9 Å². The van der Waals surface area contributed by atoms with Crippen molar-refractivity contribution in [2.24, 2.45) is 0 Å². The van der Waals surface area contributed by atoms with Crippen LogP contribution in [0, 0.1) is 10.1 Å². The summed E-state index contributed by atoms with van der Waals surface area (Å²) in [5.41, 5.74) is 0.812. The molecule has 0 unspecified atom stereocenters. The van der Waals surface area contributed by atoms with Crippen LogP contribution in [0.2, 0.25) is 0 Å². The quantitative estimate of drug-likeness (QED) is 0.596. The predicted molar refractivity (Wildman–Crippen MR) is 102 cm³/mol. The summed E-state index contributed by atoms with van der Waals surface area (Å²) in [6.07, 6.45) is 3.60. The van der Waals surface area contributed by atoms with Crippen LogP contribution in [-0.4, -0.2) is 65.9 Å². The number of nitrogens with zero attached hydrogens (tertiary/aromatic N) is 2. The molecule has 10 heteroatoms. The zero-order valence-corrected chi connectivity index (χ0v) is 16.0. The molecule has 1 aromatic carbocycles. The van der Waals surface area contributed by atoms with Gasteiger partial charge < -0.3 is 14.6 Å². The first kappa shape index (κ1) is 18.9. The average molecular weight is 407 g/mol. The number of aromatic nitrogens is 1. The van der Waals surface area contributed by atoms with Crippen LogP contribution in [0.5, 0.6) is 0 Å². The van der Waals surface area contributed by atoms with Crippen molar-refractivity contribution >= 4 is 32.3 Å². The van der Waals surface area contributed by atoms with Crippen molar-refractivity contribution in [2.75, 3.05) is 24.7 Å². The summed E-state index contributed by atoms with van der Waals surface area (Å²) in [6.45, 7) is 0.991. The lowest BCUT2D eigenvalue weighted by molar-refractivity contribution is -0.384. The van der Waals surface area contributed by atoms with Gasteiger partial charge in [0.15, 0.2) is 9.84 Å². The number of nitro groups is 1. The van der Waals surface area contributed by atoms with Crippen molar-refractivity contribution in [1.29, 1.82) is 0 Å². The van der Waals surface area contributed by atoms with E-state index in [-0.39, 0.29) is 35.2 Å². The first-order valence-electron chi connectivity index (χ1n) is 9.22. The van der Waals surface area contributed by atoms with Crippen molar-refractivity contribution in [3.63, 3.8) is 0 Å². The fourth-order valence-electron chi connectivity index (χ4n) is 3.99. The van der Waals surface area contributed by atoms with Gasteiger partial charge in [0.05, 0.1) is 33.6 Å². The molecule has 2 aliphatic rings. The third kappa shape index (κ3) is 3.61. The highest BCUT2D eigenvalue weighted by Gasteiger charge is 2.37. The molecule has 1 amide bonds. The van der Waals surface area contributed by atoms with E-state index in [1.54, 1.807) is 11.0 Å². The molecule has 2 saturated heterocycles. The Hall–Kier alpha value is -2.46. The van der Waals surface area contributed by atoms with Gasteiger partial charge in [-0.1, -0.05) is 0 Å². The van der Waals surface area contributed by atoms with Crippen LogP contribution in [0.3, 0.4) is 0 Å². The highest BCUT2D eigenvalue weighted by Crippen LogP contribution is 2.28. The Labute approximate surface area is 161 Å². The molecule has 0 radical (unpaired) electrons. The Morgan fingerprint density at radius 2 is 2.18 bits per heavy atom. The lowest BCUT2D eigenvalue weighted by Gasteiger charge is -2.30. The molecule has 2 aliphatic heterocycles. The molecular weight excluding hydrogens is 386 g/mol. The lowest BCUT2D eigenvalue weighted by Crippen LogP contribution is -2.45. The van der Waals surface area contributed by atoms with Gasteiger partial charge in [-0.25, -0.2) is 8.42 Å². The minimum absolute atomic E-state index is 0.0424. The second kappa shape index (κ2) is 7.17. The Morgan fingerprint density at radius 1 is 1.36 bits per heavy atom. The fourth-order valence-corrected chi connectivity index (χ4v) is 5.72. The second-order valence-corrected chi connectivity index (χ2v) is 9.57. The maximum absolute atomic E-state index is 13.3. The lowest BCUT2D eigenvalue weighted by atomic mass is 10.1. The van der Waals surface area contributed by atoms with Gasteiger partial charge in [-0.05, 0) is 25.3 Å². The van der Waals surface area contributed by atoms with E-state index in [2.05, 4.69) is 4.98 Å². The van der Waals surface area contributed by atoms with Gasteiger partial charge in [0.2, 0.25) is 0 Å². The number of sulfone groups is 1. The van der Waals surface area contributed by atoms with E-state index < -0.39 is 14.8 Å². The van der Waals surface area contributed by atoms with Gasteiger partial charge in [-0.15, -0.1) is 0 Å². The summed E-state index contributed by atoms with van der Waals surface area (Å²) < 4.78 is 29.6. The molecule has 0 bridgehead atoms. The smallest absolute Gasteiger partial charge is 0.271 e. The van der Waals surface area contributed by atoms with Crippen molar-refractivity contribution in [3.8, 4) is 0 Å². The molecule has 1 N–H and O–H groups in total. The summed E-state index contributed by atoms with van der Waals surface area (Å²) in [5.74, 6) is -0.246. The molecule has 9 nitrogen and oxygen atoms in total. The topological polar surface area (TPSA) is 123 Å². The zero-order chi connectivity index (χ0) is 19.9. The Bertz CT molecular complexity index is 1030. The largest absolute Gasteiger partial charge is 0.376 e. The van der Waals surface area contributed by atoms with E-state index >= 15 is 0 Å². The minimum atomic E-state index is -3.15. The number of benzene rings is 1. The number of carbonyl (C=O) groups excluding carboxylic acids is 1. The van der Waals surface area contributed by atoms with E-state index in [9.17, 15) is 23.3 Å². The predicted octanol–water partition coefficient (Wildman–Crippen LogP) is 1.88. The monoisotopic (exact) mass is 407 g/mol. The van der Waals surface area contributed by atoms with E-state index in [0.29, 0.717) is 36.0 Å². The van der Waals surface area contributed by atoms with E-state index in [1.165, 1.54) is 18.3 Å². The van der Waals surface area contributed by atoms with Crippen LogP contribution < -0.4 is 0 Å². The number of non-ortho nitro benzene ring substituents is 1. The molecule has 0 aliphatic carbocycles. The number of carbonyl (C=O) groups is 1. The number of H-pyrrole nitrogens is 1. The van der Waals surface area contributed by atoms with Crippen molar-refractivity contribution < 1.29 is 22.9 Å². The van der Waals surface area contributed by atoms with Crippen molar-refractivity contribution in [1.82, 2.24) is 9.88 Å². The van der Waals surface area contributed by atoms with E-state index in [0.717, 1.165) is 12.8 Å². The number of nitrogens with one attached hydrogen (secondary N) is 1. The normalized spacial score (nSPS) is 23.9. The summed E-state index contributed by atoms with van der Waals surface area (Å²) in [4.78, 5) is 28.4. The van der Waals surface area contributed by atoms with Crippen molar-refractivity contribution in [2.45, 2.75) is 31.4 Å².